The lowest BCUT2D eigenvalue weighted by molar-refractivity contribution is 0.0384. The second-order valence-electron chi connectivity index (χ2n) is 7.97. The van der Waals surface area contributed by atoms with Gasteiger partial charge in [0.1, 0.15) is 23.5 Å². The largest absolute Gasteiger partial charge is 0.465 e. The van der Waals surface area contributed by atoms with Gasteiger partial charge >= 0.3 is 5.97 Å². The molecule has 0 unspecified atom stereocenters. The highest BCUT2D eigenvalue weighted by Gasteiger charge is 2.24. The lowest BCUT2D eigenvalue weighted by Gasteiger charge is -2.17. The first-order chi connectivity index (χ1) is 14.6. The minimum absolute atomic E-state index is 0.109. The van der Waals surface area contributed by atoms with Crippen molar-refractivity contribution in [3.05, 3.63) is 11.9 Å². The van der Waals surface area contributed by atoms with E-state index in [1.54, 1.807) is 0 Å². The number of anilines is 2. The smallest absolute Gasteiger partial charge is 0.345 e. The summed E-state index contributed by atoms with van der Waals surface area (Å²) in [6.07, 6.45) is 4.56. The van der Waals surface area contributed by atoms with Crippen molar-refractivity contribution in [3.63, 3.8) is 0 Å². The molecule has 2 saturated carbocycles. The number of hydrogen-bond donors (Lipinski definition) is 4. The molecule has 2 atom stereocenters. The number of aliphatic hydroxyl groups excluding tert-OH is 2. The molecule has 4 N–H and O–H groups in total. The maximum Gasteiger partial charge on any atom is 0.345 e. The number of aromatic nitrogens is 2. The fraction of sp³-hybridized carbons (Fsp3) is 0.750. The molecule has 0 aliphatic heterocycles. The summed E-state index contributed by atoms with van der Waals surface area (Å²) < 4.78 is 15.8. The lowest BCUT2D eigenvalue weighted by atomic mass is 10.2. The second kappa shape index (κ2) is 11.4. The Kier molecular flexibility index (Phi) is 8.61. The van der Waals surface area contributed by atoms with Gasteiger partial charge in [-0.1, -0.05) is 0 Å². The van der Waals surface area contributed by atoms with Crippen LogP contribution in [0, 0.1) is 11.8 Å². The molecule has 0 aromatic carbocycles. The molecule has 2 aliphatic carbocycles. The highest BCUT2D eigenvalue weighted by Crippen LogP contribution is 2.29. The highest BCUT2D eigenvalue weighted by molar-refractivity contribution is 5.99. The summed E-state index contributed by atoms with van der Waals surface area (Å²) in [5, 5.41) is 26.1. The first kappa shape index (κ1) is 22.7. The molecule has 10 heteroatoms. The Balaban J connectivity index is 1.50. The molecule has 2 aliphatic rings. The van der Waals surface area contributed by atoms with Crippen LogP contribution < -0.4 is 10.6 Å². The Bertz CT molecular complexity index is 637. The number of hydrogen-bond acceptors (Lipinski definition) is 10. The van der Waals surface area contributed by atoms with Gasteiger partial charge in [0.05, 0.1) is 32.5 Å². The number of carbonyl (C=O) groups excluding carboxylic acids is 1. The van der Waals surface area contributed by atoms with Crippen LogP contribution in [0.3, 0.4) is 0 Å². The first-order valence-corrected chi connectivity index (χ1v) is 10.5. The van der Waals surface area contributed by atoms with Gasteiger partial charge in [-0.3, -0.25) is 0 Å². The molecule has 0 radical (unpaired) electrons. The Hall–Kier alpha value is -2.01. The Morgan fingerprint density at radius 2 is 1.47 bits per heavy atom. The van der Waals surface area contributed by atoms with E-state index in [2.05, 4.69) is 20.6 Å². The van der Waals surface area contributed by atoms with Gasteiger partial charge in [0.25, 0.3) is 0 Å². The first-order valence-electron chi connectivity index (χ1n) is 10.5. The monoisotopic (exact) mass is 424 g/mol. The minimum atomic E-state index is -0.744. The zero-order valence-electron chi connectivity index (χ0n) is 17.4. The maximum atomic E-state index is 12.3. The molecule has 0 saturated heterocycles. The molecule has 0 amide bonds. The molecule has 1 heterocycles. The van der Waals surface area contributed by atoms with E-state index in [9.17, 15) is 15.0 Å². The van der Waals surface area contributed by atoms with Crippen molar-refractivity contribution in [1.82, 2.24) is 9.97 Å². The molecule has 10 nitrogen and oxygen atoms in total. The number of esters is 1. The lowest BCUT2D eigenvalue weighted by Crippen LogP contribution is -2.28. The third-order valence-electron chi connectivity index (χ3n) is 4.97. The predicted octanol–water partition coefficient (Wildman–Crippen LogP) is 0.662. The SMILES string of the molecule is COC(=O)c1c(NC[C@@H](O)COCC2CC2)ncnc1NC[C@@H](O)COCC1CC1. The number of aliphatic hydroxyl groups is 2. The van der Waals surface area contributed by atoms with Crippen molar-refractivity contribution >= 4 is 17.6 Å². The quantitative estimate of drug-likeness (QED) is 0.297. The summed E-state index contributed by atoms with van der Waals surface area (Å²) in [6.45, 7) is 2.06. The number of nitrogens with zero attached hydrogens (tertiary/aromatic N) is 2. The van der Waals surface area contributed by atoms with Gasteiger partial charge < -0.3 is 35.1 Å². The van der Waals surface area contributed by atoms with Crippen LogP contribution in [-0.4, -0.2) is 85.0 Å². The average molecular weight is 424 g/mol. The van der Waals surface area contributed by atoms with E-state index in [-0.39, 0.29) is 43.5 Å². The van der Waals surface area contributed by atoms with E-state index in [1.807, 2.05) is 0 Å². The van der Waals surface area contributed by atoms with E-state index in [0.717, 1.165) is 0 Å². The Morgan fingerprint density at radius 1 is 1.00 bits per heavy atom. The summed E-state index contributed by atoms with van der Waals surface area (Å²) in [4.78, 5) is 20.5. The number of methoxy groups -OCH3 is 1. The highest BCUT2D eigenvalue weighted by atomic mass is 16.5. The van der Waals surface area contributed by atoms with E-state index >= 15 is 0 Å². The number of rotatable bonds is 15. The summed E-state index contributed by atoms with van der Waals surface area (Å²) in [6, 6.07) is 0. The zero-order valence-corrected chi connectivity index (χ0v) is 17.4. The third kappa shape index (κ3) is 7.67. The topological polar surface area (TPSA) is 135 Å². The maximum absolute atomic E-state index is 12.3. The summed E-state index contributed by atoms with van der Waals surface area (Å²) in [5.41, 5.74) is 0.109. The Labute approximate surface area is 176 Å². The van der Waals surface area contributed by atoms with Gasteiger partial charge in [-0.2, -0.15) is 0 Å². The summed E-state index contributed by atoms with van der Waals surface area (Å²) in [5.74, 6) is 1.10. The van der Waals surface area contributed by atoms with Crippen LogP contribution in [0.2, 0.25) is 0 Å². The number of carbonyl (C=O) groups is 1. The second-order valence-corrected chi connectivity index (χ2v) is 7.97. The number of ether oxygens (including phenoxy) is 3. The van der Waals surface area contributed by atoms with Gasteiger partial charge in [0.2, 0.25) is 0 Å². The van der Waals surface area contributed by atoms with Crippen LogP contribution in [0.25, 0.3) is 0 Å². The number of nitrogens with one attached hydrogen (secondary N) is 2. The van der Waals surface area contributed by atoms with E-state index < -0.39 is 18.2 Å². The molecule has 3 rings (SSSR count). The van der Waals surface area contributed by atoms with Crippen LogP contribution in [0.15, 0.2) is 6.33 Å². The van der Waals surface area contributed by atoms with E-state index in [4.69, 9.17) is 14.2 Å². The van der Waals surface area contributed by atoms with E-state index in [1.165, 1.54) is 39.1 Å². The fourth-order valence-corrected chi connectivity index (χ4v) is 2.81. The molecule has 2 fully saturated rings. The van der Waals surface area contributed by atoms with Crippen LogP contribution in [0.1, 0.15) is 36.0 Å². The standard InChI is InChI=1S/C20H32N4O6/c1-28-20(27)17-18(21-6-15(25)10-29-8-13-2-3-13)23-12-24-19(17)22-7-16(26)11-30-9-14-4-5-14/h12-16,25-26H,2-11H2,1H3,(H2,21,22,23,24)/t15-,16-/m1/s1. The van der Waals surface area contributed by atoms with Crippen molar-refractivity contribution in [3.8, 4) is 0 Å². The van der Waals surface area contributed by atoms with Crippen molar-refractivity contribution in [1.29, 1.82) is 0 Å². The molecule has 1 aromatic rings. The Morgan fingerprint density at radius 3 is 1.87 bits per heavy atom. The normalized spacial score (nSPS) is 18.0. The van der Waals surface area contributed by atoms with Crippen LogP contribution in [0.5, 0.6) is 0 Å². The van der Waals surface area contributed by atoms with Crippen molar-refractivity contribution in [2.45, 2.75) is 37.9 Å². The molecular formula is C20H32N4O6. The van der Waals surface area contributed by atoms with Crippen LogP contribution >= 0.6 is 0 Å². The molecule has 0 spiro atoms. The molecule has 1 aromatic heterocycles. The summed E-state index contributed by atoms with van der Waals surface area (Å²) >= 11 is 0. The van der Waals surface area contributed by atoms with Crippen molar-refractivity contribution in [2.75, 3.05) is 57.3 Å². The molecular weight excluding hydrogens is 392 g/mol. The van der Waals surface area contributed by atoms with Gasteiger partial charge in [0.15, 0.2) is 0 Å². The average Bonchev–Trinajstić information content (AvgIpc) is 3.66. The van der Waals surface area contributed by atoms with Crippen LogP contribution in [-0.2, 0) is 14.2 Å². The fourth-order valence-electron chi connectivity index (χ4n) is 2.81. The summed E-state index contributed by atoms with van der Waals surface area (Å²) in [7, 11) is 1.27. The third-order valence-corrected chi connectivity index (χ3v) is 4.97. The van der Waals surface area contributed by atoms with Gasteiger partial charge in [-0.15, -0.1) is 0 Å². The van der Waals surface area contributed by atoms with Gasteiger partial charge in [-0.05, 0) is 37.5 Å². The molecule has 168 valence electrons. The van der Waals surface area contributed by atoms with Gasteiger partial charge in [-0.25, -0.2) is 14.8 Å². The molecule has 0 bridgehead atoms. The zero-order chi connectivity index (χ0) is 21.3. The van der Waals surface area contributed by atoms with Crippen molar-refractivity contribution in [2.24, 2.45) is 11.8 Å². The van der Waals surface area contributed by atoms with E-state index in [0.29, 0.717) is 25.0 Å². The predicted molar refractivity (Wildman–Crippen MR) is 109 cm³/mol. The van der Waals surface area contributed by atoms with Crippen LogP contribution in [0.4, 0.5) is 11.6 Å². The van der Waals surface area contributed by atoms with Gasteiger partial charge in [0, 0.05) is 26.3 Å². The minimum Gasteiger partial charge on any atom is -0.465 e. The van der Waals surface area contributed by atoms with Crippen molar-refractivity contribution < 1.29 is 29.2 Å². The molecule has 30 heavy (non-hydrogen) atoms.